The summed E-state index contributed by atoms with van der Waals surface area (Å²) in [5.41, 5.74) is 5.15. The maximum Gasteiger partial charge on any atom is 0.389 e. The minimum absolute atomic E-state index is 0.238. The van der Waals surface area contributed by atoms with Crippen molar-refractivity contribution in [1.29, 1.82) is 0 Å². The van der Waals surface area contributed by atoms with Crippen LogP contribution in [0.5, 0.6) is 0 Å². The van der Waals surface area contributed by atoms with Gasteiger partial charge in [-0.25, -0.2) is 0 Å². The van der Waals surface area contributed by atoms with Crippen molar-refractivity contribution in [2.45, 2.75) is 128 Å². The highest BCUT2D eigenvalue weighted by atomic mass is 19.4. The van der Waals surface area contributed by atoms with E-state index in [1.165, 1.54) is 22.3 Å². The Morgan fingerprint density at radius 3 is 1.39 bits per heavy atom. The Morgan fingerprint density at radius 2 is 0.895 bits per heavy atom. The van der Waals surface area contributed by atoms with Gasteiger partial charge in [0, 0.05) is 12.8 Å². The minimum Gasteiger partial charge on any atom is -0.171 e. The van der Waals surface area contributed by atoms with Gasteiger partial charge < -0.3 is 0 Å². The van der Waals surface area contributed by atoms with Crippen LogP contribution in [0.2, 0.25) is 0 Å². The molecular weight excluding hydrogens is 498 g/mol. The van der Waals surface area contributed by atoms with Gasteiger partial charge in [0.1, 0.15) is 0 Å². The monoisotopic (exact) mass is 542 g/mol. The zero-order valence-electron chi connectivity index (χ0n) is 22.6. The van der Waals surface area contributed by atoms with E-state index in [-0.39, 0.29) is 12.8 Å². The molecule has 0 bridgehead atoms. The van der Waals surface area contributed by atoms with E-state index in [2.05, 4.69) is 42.5 Å². The molecule has 2 rings (SSSR count). The molecule has 2 aromatic rings. The van der Waals surface area contributed by atoms with Crippen LogP contribution >= 0.6 is 0 Å². The van der Waals surface area contributed by atoms with Gasteiger partial charge in [0.2, 0.25) is 0 Å². The maximum absolute atomic E-state index is 12.2. The molecule has 0 unspecified atom stereocenters. The number of hydrogen-bond acceptors (Lipinski definition) is 0. The van der Waals surface area contributed by atoms with Gasteiger partial charge in [-0.05, 0) is 60.8 Å². The molecule has 0 N–H and O–H groups in total. The smallest absolute Gasteiger partial charge is 0.171 e. The van der Waals surface area contributed by atoms with Gasteiger partial charge in [-0.1, -0.05) is 113 Å². The van der Waals surface area contributed by atoms with Crippen molar-refractivity contribution in [3.8, 4) is 11.1 Å². The molecule has 214 valence electrons. The second kappa shape index (κ2) is 17.6. The van der Waals surface area contributed by atoms with Gasteiger partial charge in [-0.2, -0.15) is 26.3 Å². The fourth-order valence-electron chi connectivity index (χ4n) is 4.95. The lowest BCUT2D eigenvalue weighted by Crippen LogP contribution is -2.06. The summed E-state index contributed by atoms with van der Waals surface area (Å²) in [6, 6.07) is 17.2. The average molecular weight is 543 g/mol. The molecule has 0 aliphatic rings. The zero-order chi connectivity index (χ0) is 27.7. The van der Waals surface area contributed by atoms with Crippen LogP contribution in [-0.2, 0) is 12.8 Å². The van der Waals surface area contributed by atoms with Gasteiger partial charge in [0.15, 0.2) is 0 Å². The van der Waals surface area contributed by atoms with Crippen molar-refractivity contribution in [2.75, 3.05) is 0 Å². The van der Waals surface area contributed by atoms with E-state index in [9.17, 15) is 26.3 Å². The van der Waals surface area contributed by atoms with Gasteiger partial charge in [0.05, 0.1) is 0 Å². The Labute approximate surface area is 225 Å². The summed E-state index contributed by atoms with van der Waals surface area (Å²) in [6.45, 7) is 0. The predicted octanol–water partition coefficient (Wildman–Crippen LogP) is 11.8. The molecule has 0 spiro atoms. The third kappa shape index (κ3) is 15.4. The second-order valence-electron chi connectivity index (χ2n) is 10.5. The van der Waals surface area contributed by atoms with E-state index in [0.29, 0.717) is 12.8 Å². The summed E-state index contributed by atoms with van der Waals surface area (Å²) >= 11 is 0. The molecule has 38 heavy (non-hydrogen) atoms. The molecule has 0 atom stereocenters. The van der Waals surface area contributed by atoms with Crippen LogP contribution in [0.1, 0.15) is 114 Å². The van der Waals surface area contributed by atoms with Crippen LogP contribution in [0.3, 0.4) is 0 Å². The molecule has 0 aliphatic carbocycles. The van der Waals surface area contributed by atoms with Crippen LogP contribution in [0.25, 0.3) is 11.1 Å². The predicted molar refractivity (Wildman–Crippen MR) is 145 cm³/mol. The van der Waals surface area contributed by atoms with Crippen LogP contribution < -0.4 is 0 Å². The first-order valence-corrected chi connectivity index (χ1v) is 14.4. The number of benzene rings is 2. The average Bonchev–Trinajstić information content (AvgIpc) is 2.86. The van der Waals surface area contributed by atoms with E-state index in [0.717, 1.165) is 77.0 Å². The van der Waals surface area contributed by atoms with Gasteiger partial charge in [-0.15, -0.1) is 0 Å². The van der Waals surface area contributed by atoms with Gasteiger partial charge >= 0.3 is 12.4 Å². The van der Waals surface area contributed by atoms with Crippen molar-refractivity contribution in [3.63, 3.8) is 0 Å². The van der Waals surface area contributed by atoms with Gasteiger partial charge in [0.25, 0.3) is 0 Å². The zero-order valence-corrected chi connectivity index (χ0v) is 22.6. The van der Waals surface area contributed by atoms with Crippen LogP contribution in [0.4, 0.5) is 26.3 Å². The van der Waals surface area contributed by atoms with Crippen molar-refractivity contribution in [2.24, 2.45) is 0 Å². The SMILES string of the molecule is FC(F)(F)CCCCCCCCCc1ccc(CCCCCCCCCC(F)(F)F)c(-c2ccccc2)c1. The molecule has 6 heteroatoms. The lowest BCUT2D eigenvalue weighted by molar-refractivity contribution is -0.136. The molecule has 2 aromatic carbocycles. The summed E-state index contributed by atoms with van der Waals surface area (Å²) < 4.78 is 73.2. The standard InChI is InChI=1S/C32H44F6/c33-31(34,35)24-16-9-5-1-3-7-12-18-27-22-23-29(30(26-27)28-19-14-11-15-20-28)21-13-8-4-2-6-10-17-25-32(36,37)38/h11,14-15,19-20,22-23,26H,1-10,12-13,16-18,21,24-25H2. The van der Waals surface area contributed by atoms with Crippen molar-refractivity contribution in [3.05, 3.63) is 59.7 Å². The topological polar surface area (TPSA) is 0 Å². The molecule has 0 heterocycles. The van der Waals surface area contributed by atoms with Crippen LogP contribution in [-0.4, -0.2) is 12.4 Å². The number of rotatable bonds is 19. The Morgan fingerprint density at radius 1 is 0.447 bits per heavy atom. The number of halogens is 6. The van der Waals surface area contributed by atoms with E-state index in [1.807, 2.05) is 6.07 Å². The molecule has 0 fully saturated rings. The first kappa shape index (κ1) is 32.2. The number of hydrogen-bond donors (Lipinski definition) is 0. The lowest BCUT2D eigenvalue weighted by atomic mass is 9.92. The number of alkyl halides is 6. The number of aryl methyl sites for hydroxylation is 2. The molecule has 0 radical (unpaired) electrons. The van der Waals surface area contributed by atoms with Crippen LogP contribution in [0, 0.1) is 0 Å². The molecule has 0 saturated carbocycles. The molecule has 0 nitrogen and oxygen atoms in total. The summed E-state index contributed by atoms with van der Waals surface area (Å²) in [4.78, 5) is 0. The largest absolute Gasteiger partial charge is 0.389 e. The highest BCUT2D eigenvalue weighted by Gasteiger charge is 2.26. The van der Waals surface area contributed by atoms with E-state index in [1.54, 1.807) is 0 Å². The quantitative estimate of drug-likeness (QED) is 0.122. The highest BCUT2D eigenvalue weighted by molar-refractivity contribution is 5.68. The third-order valence-corrected chi connectivity index (χ3v) is 7.09. The van der Waals surface area contributed by atoms with Gasteiger partial charge in [-0.3, -0.25) is 0 Å². The second-order valence-corrected chi connectivity index (χ2v) is 10.5. The summed E-state index contributed by atoms with van der Waals surface area (Å²) in [7, 11) is 0. The fraction of sp³-hybridized carbons (Fsp3) is 0.625. The van der Waals surface area contributed by atoms with Crippen LogP contribution in [0.15, 0.2) is 48.5 Å². The van der Waals surface area contributed by atoms with Crippen molar-refractivity contribution < 1.29 is 26.3 Å². The van der Waals surface area contributed by atoms with E-state index < -0.39 is 25.2 Å². The highest BCUT2D eigenvalue weighted by Crippen LogP contribution is 2.28. The van der Waals surface area contributed by atoms with E-state index >= 15 is 0 Å². The first-order chi connectivity index (χ1) is 18.1. The summed E-state index contributed by atoms with van der Waals surface area (Å²) in [5.74, 6) is 0. The molecule has 0 saturated heterocycles. The first-order valence-electron chi connectivity index (χ1n) is 14.4. The Kier molecular flexibility index (Phi) is 14.9. The van der Waals surface area contributed by atoms with E-state index in [4.69, 9.17) is 0 Å². The van der Waals surface area contributed by atoms with Crippen molar-refractivity contribution >= 4 is 0 Å². The number of unbranched alkanes of at least 4 members (excludes halogenated alkanes) is 12. The van der Waals surface area contributed by atoms with Crippen molar-refractivity contribution in [1.82, 2.24) is 0 Å². The molecular formula is C32H44F6. The normalized spacial score (nSPS) is 12.3. The Hall–Kier alpha value is -1.98. The summed E-state index contributed by atoms with van der Waals surface area (Å²) in [6.07, 6.45) is 4.60. The minimum atomic E-state index is -4.03. The third-order valence-electron chi connectivity index (χ3n) is 7.09. The Bertz CT molecular complexity index is 870. The molecule has 0 aliphatic heterocycles. The summed E-state index contributed by atoms with van der Waals surface area (Å²) in [5, 5.41) is 0. The molecule has 0 amide bonds. The Balaban J connectivity index is 1.71. The lowest BCUT2D eigenvalue weighted by Gasteiger charge is -2.13. The molecule has 0 aromatic heterocycles. The maximum atomic E-state index is 12.2. The fourth-order valence-corrected chi connectivity index (χ4v) is 4.95.